The van der Waals surface area contributed by atoms with Crippen LogP contribution < -0.4 is 5.32 Å². The summed E-state index contributed by atoms with van der Waals surface area (Å²) in [5.74, 6) is 3.43. The highest BCUT2D eigenvalue weighted by atomic mass is 16.3. The summed E-state index contributed by atoms with van der Waals surface area (Å²) in [6.07, 6.45) is 8.27. The fraction of sp³-hybridized carbons (Fsp3) is 0.455. The zero-order valence-electron chi connectivity index (χ0n) is 14.7. The molecule has 0 spiro atoms. The summed E-state index contributed by atoms with van der Waals surface area (Å²) in [6.45, 7) is 0. The number of rotatable bonds is 4. The maximum absolute atomic E-state index is 12.8. The summed E-state index contributed by atoms with van der Waals surface area (Å²) in [4.78, 5) is 23.6. The minimum absolute atomic E-state index is 0.0321. The Morgan fingerprint density at radius 1 is 0.962 bits per heavy atom. The lowest BCUT2D eigenvalue weighted by atomic mass is 9.53. The van der Waals surface area contributed by atoms with Crippen molar-refractivity contribution in [3.8, 4) is 11.3 Å². The predicted octanol–water partition coefficient (Wildman–Crippen LogP) is 4.46. The van der Waals surface area contributed by atoms with Crippen LogP contribution in [0.5, 0.6) is 0 Å². The topological polar surface area (TPSA) is 59.3 Å². The maximum atomic E-state index is 12.8. The first-order valence-electron chi connectivity index (χ1n) is 9.60. The molecule has 1 heterocycles. The van der Waals surface area contributed by atoms with Crippen molar-refractivity contribution in [1.29, 1.82) is 0 Å². The van der Waals surface area contributed by atoms with Gasteiger partial charge in [0.1, 0.15) is 5.76 Å². The van der Waals surface area contributed by atoms with Crippen molar-refractivity contribution < 1.29 is 14.0 Å². The van der Waals surface area contributed by atoms with Crippen molar-refractivity contribution in [3.05, 3.63) is 47.7 Å². The van der Waals surface area contributed by atoms with Crippen LogP contribution in [0.1, 0.15) is 59.4 Å². The van der Waals surface area contributed by atoms with Crippen molar-refractivity contribution >= 4 is 12.2 Å². The van der Waals surface area contributed by atoms with Gasteiger partial charge in [0.25, 0.3) is 5.91 Å². The summed E-state index contributed by atoms with van der Waals surface area (Å²) in [5.41, 5.74) is 1.58. The van der Waals surface area contributed by atoms with Gasteiger partial charge in [-0.3, -0.25) is 9.59 Å². The number of nitrogens with one attached hydrogen (secondary N) is 1. The summed E-state index contributed by atoms with van der Waals surface area (Å²) in [5, 5.41) is 3.40. The van der Waals surface area contributed by atoms with Crippen LogP contribution in [0.2, 0.25) is 0 Å². The Morgan fingerprint density at radius 2 is 1.58 bits per heavy atom. The lowest BCUT2D eigenvalue weighted by Gasteiger charge is -2.56. The van der Waals surface area contributed by atoms with Gasteiger partial charge in [0, 0.05) is 16.7 Å². The van der Waals surface area contributed by atoms with E-state index in [1.165, 1.54) is 19.3 Å². The van der Waals surface area contributed by atoms with Crippen LogP contribution in [-0.2, 0) is 0 Å². The third-order valence-corrected chi connectivity index (χ3v) is 6.59. The van der Waals surface area contributed by atoms with E-state index in [0.29, 0.717) is 23.4 Å². The molecule has 26 heavy (non-hydrogen) atoms. The summed E-state index contributed by atoms with van der Waals surface area (Å²) in [6, 6.07) is 10.9. The number of amides is 1. The molecule has 0 radical (unpaired) electrons. The van der Waals surface area contributed by atoms with E-state index >= 15 is 0 Å². The van der Waals surface area contributed by atoms with Crippen LogP contribution in [0.4, 0.5) is 0 Å². The average molecular weight is 349 g/mol. The second-order valence-corrected chi connectivity index (χ2v) is 8.55. The molecule has 134 valence electrons. The first kappa shape index (κ1) is 15.9. The van der Waals surface area contributed by atoms with Crippen LogP contribution >= 0.6 is 0 Å². The zero-order valence-corrected chi connectivity index (χ0v) is 14.7. The van der Waals surface area contributed by atoms with Gasteiger partial charge in [-0.25, -0.2) is 0 Å². The Labute approximate surface area is 153 Å². The van der Waals surface area contributed by atoms with Crippen molar-refractivity contribution in [2.24, 2.45) is 17.8 Å². The smallest absolute Gasteiger partial charge is 0.251 e. The fourth-order valence-electron chi connectivity index (χ4n) is 5.93. The number of hydrogen-bond donors (Lipinski definition) is 1. The summed E-state index contributed by atoms with van der Waals surface area (Å²) in [7, 11) is 0. The van der Waals surface area contributed by atoms with E-state index in [-0.39, 0.29) is 11.4 Å². The Morgan fingerprint density at radius 3 is 2.12 bits per heavy atom. The number of carbonyl (C=O) groups is 2. The second-order valence-electron chi connectivity index (χ2n) is 8.55. The van der Waals surface area contributed by atoms with E-state index in [2.05, 4.69) is 5.32 Å². The highest BCUT2D eigenvalue weighted by molar-refractivity contribution is 5.95. The Hall–Kier alpha value is -2.36. The zero-order chi connectivity index (χ0) is 17.7. The molecule has 0 aliphatic heterocycles. The largest absolute Gasteiger partial charge is 0.453 e. The van der Waals surface area contributed by atoms with E-state index in [4.69, 9.17) is 4.42 Å². The minimum Gasteiger partial charge on any atom is -0.453 e. The van der Waals surface area contributed by atoms with Crippen LogP contribution in [0, 0.1) is 17.8 Å². The van der Waals surface area contributed by atoms with Gasteiger partial charge in [-0.2, -0.15) is 0 Å². The van der Waals surface area contributed by atoms with Crippen LogP contribution in [0.3, 0.4) is 0 Å². The lowest BCUT2D eigenvalue weighted by Crippen LogP contribution is -2.59. The normalized spacial score (nSPS) is 31.8. The van der Waals surface area contributed by atoms with E-state index < -0.39 is 0 Å². The third kappa shape index (κ3) is 2.68. The number of furan rings is 1. The molecule has 1 aromatic heterocycles. The van der Waals surface area contributed by atoms with Gasteiger partial charge in [-0.15, -0.1) is 0 Å². The third-order valence-electron chi connectivity index (χ3n) is 6.59. The molecule has 1 amide bonds. The number of hydrogen-bond acceptors (Lipinski definition) is 3. The molecular weight excluding hydrogens is 326 g/mol. The van der Waals surface area contributed by atoms with Gasteiger partial charge in [0.05, 0.1) is 0 Å². The van der Waals surface area contributed by atoms with E-state index in [1.54, 1.807) is 12.1 Å². The van der Waals surface area contributed by atoms with Gasteiger partial charge < -0.3 is 9.73 Å². The average Bonchev–Trinajstić information content (AvgIpc) is 3.09. The number of carbonyl (C=O) groups excluding carboxylic acids is 2. The van der Waals surface area contributed by atoms with Gasteiger partial charge >= 0.3 is 0 Å². The van der Waals surface area contributed by atoms with E-state index in [1.807, 2.05) is 24.3 Å². The molecule has 4 aliphatic rings. The Balaban J connectivity index is 1.32. The van der Waals surface area contributed by atoms with Crippen molar-refractivity contribution in [3.63, 3.8) is 0 Å². The molecule has 4 saturated carbocycles. The monoisotopic (exact) mass is 349 g/mol. The first-order chi connectivity index (χ1) is 12.6. The molecule has 2 aromatic rings. The molecular formula is C22H23NO3. The molecule has 6 rings (SSSR count). The minimum atomic E-state index is 0.0321. The standard InChI is InChI=1S/C22H23NO3/c24-13-19-5-6-20(26-19)17-1-3-18(4-2-17)21(25)23-22-10-14-7-15(11-22)9-16(8-14)12-22/h1-6,13-16H,7-12H2,(H,23,25). The maximum Gasteiger partial charge on any atom is 0.251 e. The van der Waals surface area contributed by atoms with Crippen molar-refractivity contribution in [2.45, 2.75) is 44.1 Å². The highest BCUT2D eigenvalue weighted by Gasteiger charge is 2.51. The van der Waals surface area contributed by atoms with E-state index in [9.17, 15) is 9.59 Å². The molecule has 0 saturated heterocycles. The molecule has 0 atom stereocenters. The molecule has 1 N–H and O–H groups in total. The predicted molar refractivity (Wildman–Crippen MR) is 97.9 cm³/mol. The summed E-state index contributed by atoms with van der Waals surface area (Å²) < 4.78 is 5.44. The molecule has 4 nitrogen and oxygen atoms in total. The Kier molecular flexibility index (Phi) is 3.56. The molecule has 0 unspecified atom stereocenters. The van der Waals surface area contributed by atoms with Crippen molar-refractivity contribution in [2.75, 3.05) is 0 Å². The molecule has 4 bridgehead atoms. The SMILES string of the molecule is O=Cc1ccc(-c2ccc(C(=O)NC34CC5CC(CC(C5)C3)C4)cc2)o1. The molecule has 4 aliphatic carbocycles. The van der Waals surface area contributed by atoms with Crippen LogP contribution in [0.15, 0.2) is 40.8 Å². The van der Waals surface area contributed by atoms with Gasteiger partial charge in [-0.05, 0) is 80.5 Å². The lowest BCUT2D eigenvalue weighted by molar-refractivity contribution is -0.0167. The van der Waals surface area contributed by atoms with Gasteiger partial charge in [0.15, 0.2) is 12.0 Å². The second kappa shape index (κ2) is 5.83. The van der Waals surface area contributed by atoms with Crippen LogP contribution in [-0.4, -0.2) is 17.7 Å². The number of benzene rings is 1. The number of aldehydes is 1. The quantitative estimate of drug-likeness (QED) is 0.829. The first-order valence-corrected chi connectivity index (χ1v) is 9.60. The highest BCUT2D eigenvalue weighted by Crippen LogP contribution is 2.55. The molecule has 4 heteroatoms. The molecule has 4 fully saturated rings. The van der Waals surface area contributed by atoms with Gasteiger partial charge in [0.2, 0.25) is 0 Å². The Bertz CT molecular complexity index is 813. The van der Waals surface area contributed by atoms with Crippen molar-refractivity contribution in [1.82, 2.24) is 5.32 Å². The molecule has 1 aromatic carbocycles. The van der Waals surface area contributed by atoms with E-state index in [0.717, 1.165) is 42.6 Å². The fourth-order valence-corrected chi connectivity index (χ4v) is 5.93. The summed E-state index contributed by atoms with van der Waals surface area (Å²) >= 11 is 0. The van der Waals surface area contributed by atoms with Crippen LogP contribution in [0.25, 0.3) is 11.3 Å². The van der Waals surface area contributed by atoms with Gasteiger partial charge in [-0.1, -0.05) is 12.1 Å².